The monoisotopic (exact) mass is 671 g/mol. The van der Waals surface area contributed by atoms with Gasteiger partial charge >= 0.3 is 5.97 Å². The highest BCUT2D eigenvalue weighted by Gasteiger charge is 2.35. The number of benzene rings is 3. The first-order valence-corrected chi connectivity index (χ1v) is 15.5. The van der Waals surface area contributed by atoms with Crippen LogP contribution < -0.4 is 24.4 Å². The van der Waals surface area contributed by atoms with Crippen molar-refractivity contribution in [1.82, 2.24) is 4.57 Å². The van der Waals surface area contributed by atoms with Gasteiger partial charge in [0.05, 0.1) is 52.6 Å². The van der Waals surface area contributed by atoms with Crippen LogP contribution in [0.3, 0.4) is 0 Å². The van der Waals surface area contributed by atoms with E-state index in [-0.39, 0.29) is 33.2 Å². The van der Waals surface area contributed by atoms with Gasteiger partial charge in [-0.05, 0) is 42.8 Å². The molecule has 0 radical (unpaired) electrons. The number of carbonyl (C=O) groups excluding carboxylic acids is 1. The highest BCUT2D eigenvalue weighted by molar-refractivity contribution is 7.07. The molecule has 1 aliphatic rings. The number of methoxy groups -OCH3 is 2. The Hall–Kier alpha value is -5.46. The molecule has 0 spiro atoms. The molecule has 3 heterocycles. The van der Waals surface area contributed by atoms with Crippen LogP contribution in [-0.4, -0.2) is 36.3 Å². The van der Waals surface area contributed by atoms with E-state index in [0.29, 0.717) is 44.4 Å². The fraction of sp³-hybridized carbons (Fsp3) is 0.147. The fourth-order valence-corrected chi connectivity index (χ4v) is 6.49. The quantitative estimate of drug-likeness (QED) is 0.109. The van der Waals surface area contributed by atoms with Crippen LogP contribution in [0.25, 0.3) is 23.1 Å². The minimum Gasteiger partial charge on any atom is -0.493 e. The maximum Gasteiger partial charge on any atom is 0.338 e. The van der Waals surface area contributed by atoms with Gasteiger partial charge in [0.15, 0.2) is 16.3 Å². The maximum absolute atomic E-state index is 14.2. The number of rotatable bonds is 9. The van der Waals surface area contributed by atoms with E-state index in [1.807, 2.05) is 30.3 Å². The van der Waals surface area contributed by atoms with E-state index in [9.17, 15) is 19.7 Å². The molecule has 2 aromatic heterocycles. The summed E-state index contributed by atoms with van der Waals surface area (Å²) in [5, 5.41) is 11.6. The van der Waals surface area contributed by atoms with Gasteiger partial charge in [-0.25, -0.2) is 9.79 Å². The number of nitro groups is 1. The third-order valence-electron chi connectivity index (χ3n) is 7.42. The van der Waals surface area contributed by atoms with Crippen LogP contribution in [0.15, 0.2) is 98.6 Å². The zero-order valence-corrected chi connectivity index (χ0v) is 26.8. The lowest BCUT2D eigenvalue weighted by molar-refractivity contribution is -0.384. The van der Waals surface area contributed by atoms with Crippen LogP contribution in [-0.2, 0) is 9.53 Å². The van der Waals surface area contributed by atoms with Crippen molar-refractivity contribution in [2.45, 2.75) is 13.0 Å². The molecule has 0 N–H and O–H groups in total. The van der Waals surface area contributed by atoms with E-state index < -0.39 is 22.5 Å². The molecule has 13 heteroatoms. The number of fused-ring (bicyclic) bond motifs is 1. The van der Waals surface area contributed by atoms with Crippen LogP contribution in [0, 0.1) is 10.1 Å². The lowest BCUT2D eigenvalue weighted by Crippen LogP contribution is -2.40. The highest BCUT2D eigenvalue weighted by Crippen LogP contribution is 2.38. The van der Waals surface area contributed by atoms with E-state index in [0.717, 1.165) is 11.3 Å². The molecule has 11 nitrogen and oxygen atoms in total. The number of nitrogens with zero attached hydrogens (tertiary/aromatic N) is 3. The molecule has 1 unspecified atom stereocenters. The van der Waals surface area contributed by atoms with Crippen LogP contribution in [0.4, 0.5) is 5.69 Å². The van der Waals surface area contributed by atoms with Gasteiger partial charge < -0.3 is 18.6 Å². The molecule has 0 saturated carbocycles. The Morgan fingerprint density at radius 2 is 1.83 bits per heavy atom. The van der Waals surface area contributed by atoms with Crippen molar-refractivity contribution in [3.63, 3.8) is 0 Å². The molecule has 5 aromatic rings. The van der Waals surface area contributed by atoms with Crippen molar-refractivity contribution in [3.8, 4) is 22.8 Å². The van der Waals surface area contributed by atoms with E-state index in [2.05, 4.69) is 0 Å². The number of hydrogen-bond donors (Lipinski definition) is 0. The Balaban J connectivity index is 1.57. The molecule has 0 saturated heterocycles. The Kier molecular flexibility index (Phi) is 8.79. The molecule has 1 aliphatic heterocycles. The average Bonchev–Trinajstić information content (AvgIpc) is 3.67. The Bertz CT molecular complexity index is 2240. The van der Waals surface area contributed by atoms with Gasteiger partial charge in [-0.3, -0.25) is 19.5 Å². The van der Waals surface area contributed by atoms with Crippen LogP contribution in [0.1, 0.15) is 29.9 Å². The Labute approximate surface area is 276 Å². The second-order valence-corrected chi connectivity index (χ2v) is 11.6. The molecule has 238 valence electrons. The summed E-state index contributed by atoms with van der Waals surface area (Å²) in [6, 6.07) is 20.8. The topological polar surface area (TPSA) is 135 Å². The van der Waals surface area contributed by atoms with Crippen LogP contribution in [0.5, 0.6) is 11.5 Å². The Morgan fingerprint density at radius 1 is 1.06 bits per heavy atom. The van der Waals surface area contributed by atoms with Crippen LogP contribution in [0.2, 0.25) is 5.02 Å². The van der Waals surface area contributed by atoms with Crippen molar-refractivity contribution >= 4 is 46.4 Å². The van der Waals surface area contributed by atoms with Gasteiger partial charge in [0.2, 0.25) is 0 Å². The molecule has 0 fully saturated rings. The van der Waals surface area contributed by atoms with Crippen molar-refractivity contribution in [3.05, 3.63) is 136 Å². The zero-order chi connectivity index (χ0) is 33.2. The van der Waals surface area contributed by atoms with Crippen LogP contribution >= 0.6 is 22.9 Å². The number of non-ortho nitro benzene ring substituents is 1. The van der Waals surface area contributed by atoms with Gasteiger partial charge in [0.1, 0.15) is 11.5 Å². The molecule has 1 atom stereocenters. The summed E-state index contributed by atoms with van der Waals surface area (Å²) in [5.74, 6) is 0.872. The van der Waals surface area contributed by atoms with Crippen molar-refractivity contribution in [2.24, 2.45) is 4.99 Å². The number of esters is 1. The lowest BCUT2D eigenvalue weighted by atomic mass is 9.93. The SMILES string of the molecule is CCOC(=O)C1=C(c2ccccc2)N=c2s/c(=C\c3ccc(-c4cc([N+](=O)[O-])ccc4Cl)o3)c(=O)n2C1c1ccc(OC)c(OC)c1. The molecule has 6 rings (SSSR count). The molecular weight excluding hydrogens is 646 g/mol. The third kappa shape index (κ3) is 5.96. The minimum atomic E-state index is -0.932. The molecule has 0 amide bonds. The number of aromatic nitrogens is 1. The molecule has 0 aliphatic carbocycles. The summed E-state index contributed by atoms with van der Waals surface area (Å²) >= 11 is 7.45. The van der Waals surface area contributed by atoms with Crippen molar-refractivity contribution in [2.75, 3.05) is 20.8 Å². The molecule has 3 aromatic carbocycles. The number of ether oxygens (including phenoxy) is 3. The second kappa shape index (κ2) is 13.1. The Morgan fingerprint density at radius 3 is 2.53 bits per heavy atom. The summed E-state index contributed by atoms with van der Waals surface area (Å²) < 4.78 is 24.2. The van der Waals surface area contributed by atoms with E-state index in [1.54, 1.807) is 43.3 Å². The third-order valence-corrected chi connectivity index (χ3v) is 8.74. The zero-order valence-electron chi connectivity index (χ0n) is 25.3. The van der Waals surface area contributed by atoms with Crippen molar-refractivity contribution < 1.29 is 28.3 Å². The normalized spacial score (nSPS) is 14.4. The molecule has 47 heavy (non-hydrogen) atoms. The summed E-state index contributed by atoms with van der Waals surface area (Å²) in [4.78, 5) is 43.9. The van der Waals surface area contributed by atoms with Crippen molar-refractivity contribution in [1.29, 1.82) is 0 Å². The first-order chi connectivity index (χ1) is 22.7. The number of nitro benzene ring substituents is 1. The average molecular weight is 672 g/mol. The van der Waals surface area contributed by atoms with E-state index in [1.165, 1.54) is 37.0 Å². The van der Waals surface area contributed by atoms with Gasteiger partial charge in [0, 0.05) is 29.3 Å². The van der Waals surface area contributed by atoms with E-state index in [4.69, 9.17) is 35.2 Å². The van der Waals surface area contributed by atoms with Gasteiger partial charge in [0.25, 0.3) is 11.2 Å². The fourth-order valence-electron chi connectivity index (χ4n) is 5.30. The summed E-state index contributed by atoms with van der Waals surface area (Å²) in [5.41, 5.74) is 1.57. The summed E-state index contributed by atoms with van der Waals surface area (Å²) in [7, 11) is 3.02. The molecular formula is C34H26ClN3O8S. The summed E-state index contributed by atoms with van der Waals surface area (Å²) in [6.07, 6.45) is 1.56. The number of furan rings is 1. The predicted molar refractivity (Wildman–Crippen MR) is 176 cm³/mol. The number of carbonyl (C=O) groups is 1. The van der Waals surface area contributed by atoms with Gasteiger partial charge in [-0.2, -0.15) is 0 Å². The minimum absolute atomic E-state index is 0.114. The predicted octanol–water partition coefficient (Wildman–Crippen LogP) is 5.77. The number of halogens is 1. The first-order valence-electron chi connectivity index (χ1n) is 14.3. The van der Waals surface area contributed by atoms with Gasteiger partial charge in [-0.1, -0.05) is 59.3 Å². The lowest BCUT2D eigenvalue weighted by Gasteiger charge is -2.26. The molecule has 0 bridgehead atoms. The number of hydrogen-bond acceptors (Lipinski definition) is 10. The largest absolute Gasteiger partial charge is 0.493 e. The summed E-state index contributed by atoms with van der Waals surface area (Å²) in [6.45, 7) is 1.82. The maximum atomic E-state index is 14.2. The van der Waals surface area contributed by atoms with E-state index >= 15 is 0 Å². The standard InChI is InChI=1S/C34H26ClN3O8S/c1-4-45-33(40)29-30(19-8-6-5-7-9-19)36-34-37(31(29)20-10-14-26(43-2)27(16-20)44-3)32(39)28(47-34)18-22-12-15-25(46-22)23-17-21(38(41)42)11-13-24(23)35/h5-18,31H,4H2,1-3H3/b28-18-. The number of thiazole rings is 1. The second-order valence-electron chi connectivity index (χ2n) is 10.2. The highest BCUT2D eigenvalue weighted by atomic mass is 35.5. The first kappa shape index (κ1) is 31.5. The smallest absolute Gasteiger partial charge is 0.338 e. The van der Waals surface area contributed by atoms with Gasteiger partial charge in [-0.15, -0.1) is 0 Å².